The largest absolute Gasteiger partial charge is 0.387 e. The number of nitrogens with zero attached hydrogens (tertiary/aromatic N) is 4. The third kappa shape index (κ3) is 2.97. The van der Waals surface area contributed by atoms with Crippen molar-refractivity contribution in [2.75, 3.05) is 12.3 Å². The molecule has 3 heterocycles. The lowest BCUT2D eigenvalue weighted by Gasteiger charge is -2.13. The summed E-state index contributed by atoms with van der Waals surface area (Å²) in [5.41, 5.74) is 6.31. The highest BCUT2D eigenvalue weighted by Crippen LogP contribution is 2.35. The summed E-state index contributed by atoms with van der Waals surface area (Å²) in [6.07, 6.45) is -2.23. The van der Waals surface area contributed by atoms with E-state index in [2.05, 4.69) is 19.2 Å². The van der Waals surface area contributed by atoms with Gasteiger partial charge in [-0.15, -0.1) is 0 Å². The van der Waals surface area contributed by atoms with E-state index in [-0.39, 0.29) is 5.95 Å². The summed E-state index contributed by atoms with van der Waals surface area (Å²) in [7, 11) is -4.19. The summed E-state index contributed by atoms with van der Waals surface area (Å²) < 4.78 is 32.7. The average Bonchev–Trinajstić information content (AvgIpc) is 3.01. The molecule has 0 aliphatic carbocycles. The number of fused-ring (bicyclic) bond motifs is 1. The Morgan fingerprint density at radius 2 is 2.09 bits per heavy atom. The Bertz CT molecular complexity index is 824. The van der Waals surface area contributed by atoms with E-state index in [1.54, 1.807) is 0 Å². The number of aromatic nitrogens is 4. The first-order chi connectivity index (χ1) is 10.8. The van der Waals surface area contributed by atoms with E-state index < -0.39 is 41.3 Å². The van der Waals surface area contributed by atoms with Crippen LogP contribution in [0.4, 0.5) is 5.95 Å². The van der Waals surface area contributed by atoms with Gasteiger partial charge in [0.2, 0.25) is 5.95 Å². The van der Waals surface area contributed by atoms with Crippen LogP contribution in [-0.2, 0) is 19.2 Å². The second-order valence-electron chi connectivity index (χ2n) is 4.92. The fourth-order valence-corrected chi connectivity index (χ4v) is 2.68. The zero-order valence-corrected chi connectivity index (χ0v) is 12.4. The number of hydrogen-bond acceptors (Lipinski definition) is 10. The summed E-state index contributed by atoms with van der Waals surface area (Å²) in [5, 5.41) is 28.8. The van der Waals surface area contributed by atoms with E-state index in [1.807, 2.05) is 0 Å². The fraction of sp³-hybridized carbons (Fsp3) is 0.500. The standard InChI is InChI=1S/C10H14N6O6S/c11-10-14-3-13-9-4(1-15-16(9)10)8-7(18)6(17)5(22-8)2-21-23(12,19)20/h1,3,5-8,17-18H,2H2,(H2,11,13,14)(H2,12,19,20). The van der Waals surface area contributed by atoms with Gasteiger partial charge in [-0.3, -0.25) is 4.18 Å². The zero-order valence-electron chi connectivity index (χ0n) is 11.6. The molecule has 0 saturated carbocycles. The van der Waals surface area contributed by atoms with Gasteiger partial charge in [0.1, 0.15) is 30.7 Å². The first-order valence-electron chi connectivity index (χ1n) is 6.41. The van der Waals surface area contributed by atoms with Gasteiger partial charge in [0.25, 0.3) is 0 Å². The van der Waals surface area contributed by atoms with Gasteiger partial charge in [-0.1, -0.05) is 0 Å². The number of rotatable bonds is 4. The molecule has 1 saturated heterocycles. The fourth-order valence-electron chi connectivity index (χ4n) is 2.35. The molecule has 0 bridgehead atoms. The highest BCUT2D eigenvalue weighted by molar-refractivity contribution is 7.84. The first-order valence-corrected chi connectivity index (χ1v) is 7.88. The van der Waals surface area contributed by atoms with Crippen molar-refractivity contribution in [2.24, 2.45) is 5.14 Å². The highest BCUT2D eigenvalue weighted by atomic mass is 32.2. The van der Waals surface area contributed by atoms with Crippen LogP contribution in [0.1, 0.15) is 11.7 Å². The Labute approximate surface area is 129 Å². The Hall–Kier alpha value is -1.90. The number of aliphatic hydroxyl groups is 2. The van der Waals surface area contributed by atoms with Gasteiger partial charge in [-0.25, -0.2) is 15.1 Å². The Morgan fingerprint density at radius 3 is 2.78 bits per heavy atom. The smallest absolute Gasteiger partial charge is 0.333 e. The molecule has 13 heteroatoms. The molecule has 1 aliphatic rings. The van der Waals surface area contributed by atoms with Crippen molar-refractivity contribution in [3.8, 4) is 0 Å². The molecule has 2 aromatic heterocycles. The van der Waals surface area contributed by atoms with Crippen LogP contribution in [-0.4, -0.2) is 63.1 Å². The summed E-state index contributed by atoms with van der Waals surface area (Å²) in [4.78, 5) is 7.77. The summed E-state index contributed by atoms with van der Waals surface area (Å²) in [5.74, 6) is 0.0865. The van der Waals surface area contributed by atoms with Crippen LogP contribution in [0.2, 0.25) is 0 Å². The van der Waals surface area contributed by atoms with Crippen molar-refractivity contribution in [3.63, 3.8) is 0 Å². The number of anilines is 1. The zero-order chi connectivity index (χ0) is 16.8. The lowest BCUT2D eigenvalue weighted by atomic mass is 10.0. The van der Waals surface area contributed by atoms with Crippen molar-refractivity contribution in [3.05, 3.63) is 18.1 Å². The van der Waals surface area contributed by atoms with E-state index in [0.29, 0.717) is 11.2 Å². The van der Waals surface area contributed by atoms with E-state index in [4.69, 9.17) is 15.6 Å². The molecule has 23 heavy (non-hydrogen) atoms. The SMILES string of the molecule is Nc1ncnc2c(C3OC(COS(N)(=O)=O)C(O)C3O)cnn12. The van der Waals surface area contributed by atoms with E-state index >= 15 is 0 Å². The number of nitrogen functional groups attached to an aromatic ring is 1. The van der Waals surface area contributed by atoms with E-state index in [1.165, 1.54) is 17.0 Å². The number of aliphatic hydroxyl groups excluding tert-OH is 2. The van der Waals surface area contributed by atoms with E-state index in [9.17, 15) is 18.6 Å². The summed E-state index contributed by atoms with van der Waals surface area (Å²) in [6.45, 7) is -0.538. The lowest BCUT2D eigenvalue weighted by molar-refractivity contribution is -0.0153. The van der Waals surface area contributed by atoms with Crippen molar-refractivity contribution in [1.82, 2.24) is 19.6 Å². The second kappa shape index (κ2) is 5.63. The molecule has 0 amide bonds. The molecular formula is C10H14N6O6S. The molecule has 1 fully saturated rings. The topological polar surface area (TPSA) is 188 Å². The lowest BCUT2D eigenvalue weighted by Crippen LogP contribution is -2.34. The normalized spacial score (nSPS) is 28.5. The van der Waals surface area contributed by atoms with Gasteiger partial charge >= 0.3 is 10.3 Å². The van der Waals surface area contributed by atoms with Gasteiger partial charge in [0, 0.05) is 5.56 Å². The summed E-state index contributed by atoms with van der Waals surface area (Å²) >= 11 is 0. The quantitative estimate of drug-likeness (QED) is 0.446. The number of hydrogen-bond donors (Lipinski definition) is 4. The monoisotopic (exact) mass is 346 g/mol. The maximum Gasteiger partial charge on any atom is 0.333 e. The number of nitrogens with two attached hydrogens (primary N) is 2. The van der Waals surface area contributed by atoms with Crippen molar-refractivity contribution in [1.29, 1.82) is 0 Å². The molecule has 0 aromatic carbocycles. The van der Waals surface area contributed by atoms with Crippen LogP contribution < -0.4 is 10.9 Å². The Kier molecular flexibility index (Phi) is 3.91. The molecule has 0 spiro atoms. The third-order valence-electron chi connectivity index (χ3n) is 3.42. The van der Waals surface area contributed by atoms with Crippen LogP contribution in [0.15, 0.2) is 12.5 Å². The van der Waals surface area contributed by atoms with Crippen LogP contribution in [0.3, 0.4) is 0 Å². The van der Waals surface area contributed by atoms with Crippen molar-refractivity contribution < 1.29 is 27.6 Å². The number of ether oxygens (including phenoxy) is 1. The molecule has 2 aromatic rings. The summed E-state index contributed by atoms with van der Waals surface area (Å²) in [6, 6.07) is 0. The molecule has 0 radical (unpaired) electrons. The minimum atomic E-state index is -4.19. The maximum atomic E-state index is 10.8. The predicted molar refractivity (Wildman–Crippen MR) is 73.9 cm³/mol. The molecule has 12 nitrogen and oxygen atoms in total. The Morgan fingerprint density at radius 1 is 1.35 bits per heavy atom. The second-order valence-corrected chi connectivity index (χ2v) is 6.14. The van der Waals surface area contributed by atoms with Crippen molar-refractivity contribution in [2.45, 2.75) is 24.4 Å². The van der Waals surface area contributed by atoms with Gasteiger partial charge in [-0.2, -0.15) is 18.0 Å². The first kappa shape index (κ1) is 16.0. The third-order valence-corrected chi connectivity index (χ3v) is 3.89. The molecule has 6 N–H and O–H groups in total. The van der Waals surface area contributed by atoms with Gasteiger partial charge in [0.15, 0.2) is 5.65 Å². The molecule has 4 unspecified atom stereocenters. The van der Waals surface area contributed by atoms with Gasteiger partial charge < -0.3 is 20.7 Å². The molecule has 1 aliphatic heterocycles. The molecule has 3 rings (SSSR count). The highest BCUT2D eigenvalue weighted by Gasteiger charge is 2.45. The van der Waals surface area contributed by atoms with Crippen LogP contribution in [0, 0.1) is 0 Å². The Balaban J connectivity index is 1.86. The van der Waals surface area contributed by atoms with Gasteiger partial charge in [0.05, 0.1) is 12.8 Å². The average molecular weight is 346 g/mol. The maximum absolute atomic E-state index is 10.8. The molecule has 4 atom stereocenters. The van der Waals surface area contributed by atoms with Crippen LogP contribution in [0.5, 0.6) is 0 Å². The molecular weight excluding hydrogens is 332 g/mol. The molecule has 126 valence electrons. The predicted octanol–water partition coefficient (Wildman–Crippen LogP) is -2.91. The van der Waals surface area contributed by atoms with Gasteiger partial charge in [-0.05, 0) is 0 Å². The minimum absolute atomic E-state index is 0.0865. The van der Waals surface area contributed by atoms with Crippen LogP contribution in [0.25, 0.3) is 5.65 Å². The van der Waals surface area contributed by atoms with Crippen LogP contribution >= 0.6 is 0 Å². The van der Waals surface area contributed by atoms with E-state index in [0.717, 1.165) is 0 Å². The van der Waals surface area contributed by atoms with Crippen molar-refractivity contribution >= 4 is 21.9 Å². The minimum Gasteiger partial charge on any atom is -0.387 e.